The quantitative estimate of drug-likeness (QED) is 0.169. The molecule has 0 saturated carbocycles. The van der Waals surface area contributed by atoms with Gasteiger partial charge in [0.2, 0.25) is 0 Å². The number of nitrogens with zero attached hydrogens (tertiary/aromatic N) is 6. The fourth-order valence-corrected chi connectivity index (χ4v) is 7.37. The van der Waals surface area contributed by atoms with E-state index in [-0.39, 0.29) is 16.3 Å². The zero-order valence-corrected chi connectivity index (χ0v) is 30.2. The molecule has 0 aliphatic carbocycles. The van der Waals surface area contributed by atoms with E-state index in [1.165, 1.54) is 0 Å². The summed E-state index contributed by atoms with van der Waals surface area (Å²) in [4.78, 5) is 52.6. The van der Waals surface area contributed by atoms with Crippen molar-refractivity contribution in [3.8, 4) is 51.2 Å². The third-order valence-electron chi connectivity index (χ3n) is 10.3. The van der Waals surface area contributed by atoms with Crippen LogP contribution in [0.5, 0.6) is 0 Å². The Morgan fingerprint density at radius 3 is 0.842 bits per heavy atom. The molecule has 0 unspecified atom stereocenters. The van der Waals surface area contributed by atoms with E-state index in [1.54, 1.807) is 36.8 Å². The summed E-state index contributed by atoms with van der Waals surface area (Å²) in [6.45, 7) is 0. The summed E-state index contributed by atoms with van der Waals surface area (Å²) < 4.78 is 5.97. The summed E-state index contributed by atoms with van der Waals surface area (Å²) in [5.74, 6) is 1.49. The second-order valence-electron chi connectivity index (χ2n) is 13.6. The summed E-state index contributed by atoms with van der Waals surface area (Å²) in [6, 6.07) is 51.2. The molecule has 0 aliphatic rings. The van der Waals surface area contributed by atoms with Crippen LogP contribution in [-0.2, 0) is 0 Å². The predicted octanol–water partition coefficient (Wildman–Crippen LogP) is 8.78. The highest BCUT2D eigenvalue weighted by Gasteiger charge is 2.15. The third kappa shape index (κ3) is 6.00. The van der Waals surface area contributed by atoms with Crippen LogP contribution in [0.2, 0.25) is 0 Å². The molecule has 6 aromatic carbocycles. The number of rotatable bonds is 6. The molecule has 0 spiro atoms. The number of hydrogen-bond acceptors (Lipinski definition) is 6. The van der Waals surface area contributed by atoms with Crippen molar-refractivity contribution in [1.29, 1.82) is 0 Å². The van der Waals surface area contributed by atoms with Crippen molar-refractivity contribution in [3.63, 3.8) is 0 Å². The van der Waals surface area contributed by atoms with Crippen LogP contribution < -0.4 is 16.3 Å². The lowest BCUT2D eigenvalue weighted by Gasteiger charge is -2.13. The molecule has 4 heterocycles. The van der Waals surface area contributed by atoms with E-state index in [0.717, 1.165) is 50.3 Å². The molecule has 10 rings (SSSR count). The minimum absolute atomic E-state index is 0.0237. The van der Waals surface area contributed by atoms with Gasteiger partial charge in [-0.1, -0.05) is 36.4 Å². The predicted molar refractivity (Wildman–Crippen MR) is 225 cm³/mol. The number of fused-ring (bicyclic) bond motifs is 3. The fraction of sp³-hybridized carbons (Fsp3) is 0. The number of hydrogen-bond donors (Lipinski definition) is 0. The van der Waals surface area contributed by atoms with Gasteiger partial charge in [0.25, 0.3) is 0 Å². The van der Waals surface area contributed by atoms with E-state index in [1.807, 2.05) is 159 Å². The standard InChI is InChI=1S/C48H30N6O3/c55-43-25-28-52(40-10-4-1-7-37(40)43)34-19-13-31(14-20-34)46-49-47(32-15-21-35(22-16-32)53-29-26-44(56)38-8-2-5-11-41(38)53)51-48(50-46)33-17-23-36(24-18-33)54-30-27-45(57)39-9-3-6-12-42(39)54/h1-30H. The molecule has 0 radical (unpaired) electrons. The minimum atomic E-state index is -0.0237. The molecule has 0 aliphatic heterocycles. The first-order chi connectivity index (χ1) is 28.0. The summed E-state index contributed by atoms with van der Waals surface area (Å²) in [5, 5.41) is 1.95. The Morgan fingerprint density at radius 2 is 0.561 bits per heavy atom. The van der Waals surface area contributed by atoms with Gasteiger partial charge in [-0.15, -0.1) is 0 Å². The van der Waals surface area contributed by atoms with Crippen LogP contribution in [0, 0.1) is 0 Å². The summed E-state index contributed by atoms with van der Waals surface area (Å²) in [7, 11) is 0. The van der Waals surface area contributed by atoms with E-state index in [0.29, 0.717) is 33.6 Å². The third-order valence-corrected chi connectivity index (χ3v) is 10.3. The molecular formula is C48H30N6O3. The van der Waals surface area contributed by atoms with Crippen molar-refractivity contribution in [2.45, 2.75) is 0 Å². The molecule has 9 heteroatoms. The Bertz CT molecular complexity index is 2980. The van der Waals surface area contributed by atoms with Crippen LogP contribution in [-0.4, -0.2) is 28.7 Å². The van der Waals surface area contributed by atoms with Crippen LogP contribution in [0.15, 0.2) is 197 Å². The molecule has 0 amide bonds. The number of aromatic nitrogens is 6. The first-order valence-corrected chi connectivity index (χ1v) is 18.4. The van der Waals surface area contributed by atoms with Gasteiger partial charge in [-0.2, -0.15) is 0 Å². The molecule has 0 bridgehead atoms. The Hall–Kier alpha value is -8.04. The molecule has 0 atom stereocenters. The lowest BCUT2D eigenvalue weighted by Crippen LogP contribution is -2.06. The lowest BCUT2D eigenvalue weighted by atomic mass is 10.1. The topological polar surface area (TPSA) is 105 Å². The van der Waals surface area contributed by atoms with Gasteiger partial charge in [-0.3, -0.25) is 14.4 Å². The number of para-hydroxylation sites is 3. The van der Waals surface area contributed by atoms with Crippen molar-refractivity contribution in [2.24, 2.45) is 0 Å². The van der Waals surface area contributed by atoms with Crippen molar-refractivity contribution in [1.82, 2.24) is 28.7 Å². The smallest absolute Gasteiger partial charge is 0.189 e. The summed E-state index contributed by atoms with van der Waals surface area (Å²) in [5.41, 5.74) is 7.43. The van der Waals surface area contributed by atoms with Crippen LogP contribution in [0.1, 0.15) is 0 Å². The molecule has 9 nitrogen and oxygen atoms in total. The van der Waals surface area contributed by atoms with E-state index >= 15 is 0 Å². The molecule has 4 aromatic heterocycles. The summed E-state index contributed by atoms with van der Waals surface area (Å²) >= 11 is 0. The molecule has 0 saturated heterocycles. The van der Waals surface area contributed by atoms with Crippen LogP contribution in [0.4, 0.5) is 0 Å². The Balaban J connectivity index is 1.06. The van der Waals surface area contributed by atoms with Gasteiger partial charge in [0.05, 0.1) is 16.6 Å². The highest BCUT2D eigenvalue weighted by molar-refractivity contribution is 5.82. The van der Waals surface area contributed by atoms with Crippen LogP contribution in [0.25, 0.3) is 83.9 Å². The minimum Gasteiger partial charge on any atom is -0.316 e. The van der Waals surface area contributed by atoms with Gasteiger partial charge in [-0.25, -0.2) is 15.0 Å². The fourth-order valence-electron chi connectivity index (χ4n) is 7.37. The van der Waals surface area contributed by atoms with E-state index in [9.17, 15) is 14.4 Å². The number of benzene rings is 6. The molecule has 0 fully saturated rings. The molecule has 270 valence electrons. The second-order valence-corrected chi connectivity index (χ2v) is 13.6. The van der Waals surface area contributed by atoms with Gasteiger partial charge in [-0.05, 0) is 109 Å². The van der Waals surface area contributed by atoms with Gasteiger partial charge >= 0.3 is 0 Å². The van der Waals surface area contributed by atoms with Crippen molar-refractivity contribution in [2.75, 3.05) is 0 Å². The number of pyridine rings is 3. The van der Waals surface area contributed by atoms with E-state index in [2.05, 4.69) is 0 Å². The highest BCUT2D eigenvalue weighted by atomic mass is 16.1. The van der Waals surface area contributed by atoms with Gasteiger partial charge in [0.1, 0.15) is 0 Å². The van der Waals surface area contributed by atoms with Crippen molar-refractivity contribution in [3.05, 3.63) is 213 Å². The SMILES string of the molecule is O=c1ccn(-c2ccc(-c3nc(-c4ccc(-n5ccc(=O)c6ccccc65)cc4)nc(-c4ccc(-n5ccc(=O)c6ccccc65)cc4)n3)cc2)c2ccccc12. The Labute approximate surface area is 324 Å². The van der Waals surface area contributed by atoms with Gasteiger partial charge in [0.15, 0.2) is 33.8 Å². The normalized spacial score (nSPS) is 11.4. The monoisotopic (exact) mass is 738 g/mol. The van der Waals surface area contributed by atoms with Crippen molar-refractivity contribution >= 4 is 32.7 Å². The zero-order chi connectivity index (χ0) is 38.5. The zero-order valence-electron chi connectivity index (χ0n) is 30.2. The summed E-state index contributed by atoms with van der Waals surface area (Å²) in [6.07, 6.45) is 5.37. The average molecular weight is 739 g/mol. The maximum atomic E-state index is 12.5. The maximum absolute atomic E-state index is 12.5. The second kappa shape index (κ2) is 13.7. The molecular weight excluding hydrogens is 709 g/mol. The first-order valence-electron chi connectivity index (χ1n) is 18.4. The lowest BCUT2D eigenvalue weighted by molar-refractivity contribution is 1.06. The highest BCUT2D eigenvalue weighted by Crippen LogP contribution is 2.28. The average Bonchev–Trinajstić information content (AvgIpc) is 3.27. The van der Waals surface area contributed by atoms with Crippen LogP contribution >= 0.6 is 0 Å². The van der Waals surface area contributed by atoms with Gasteiger partial charge in [0, 0.05) is 86.7 Å². The Kier molecular flexibility index (Phi) is 8.04. The van der Waals surface area contributed by atoms with E-state index in [4.69, 9.17) is 15.0 Å². The molecule has 0 N–H and O–H groups in total. The van der Waals surface area contributed by atoms with E-state index < -0.39 is 0 Å². The first kappa shape index (κ1) is 33.5. The largest absolute Gasteiger partial charge is 0.316 e. The van der Waals surface area contributed by atoms with Crippen molar-refractivity contribution < 1.29 is 0 Å². The Morgan fingerprint density at radius 1 is 0.298 bits per heavy atom. The van der Waals surface area contributed by atoms with Gasteiger partial charge < -0.3 is 13.7 Å². The molecule has 57 heavy (non-hydrogen) atoms. The maximum Gasteiger partial charge on any atom is 0.189 e. The molecule has 10 aromatic rings. The van der Waals surface area contributed by atoms with Crippen LogP contribution in [0.3, 0.4) is 0 Å².